The zero-order valence-electron chi connectivity index (χ0n) is 15.7. The number of aliphatic hydroxyl groups excluding tert-OH is 2. The van der Waals surface area contributed by atoms with E-state index in [1.165, 1.54) is 6.92 Å². The number of carbonyl (C=O) groups excluding carboxylic acids is 2. The van der Waals surface area contributed by atoms with E-state index in [1.54, 1.807) is 0 Å². The molecular formula is C19H28F2N2O4. The Morgan fingerprint density at radius 3 is 2.30 bits per heavy atom. The number of nitrogens with one attached hydrogen (secondary N) is 2. The lowest BCUT2D eigenvalue weighted by atomic mass is 9.96. The largest absolute Gasteiger partial charge is 0.394 e. The molecular weight excluding hydrogens is 358 g/mol. The predicted octanol–water partition coefficient (Wildman–Crippen LogP) is 1.43. The molecule has 0 aliphatic carbocycles. The molecule has 0 saturated carbocycles. The van der Waals surface area contributed by atoms with Crippen LogP contribution in [0.1, 0.15) is 45.1 Å². The third-order valence-electron chi connectivity index (χ3n) is 4.10. The predicted molar refractivity (Wildman–Crippen MR) is 96.8 cm³/mol. The molecule has 27 heavy (non-hydrogen) atoms. The summed E-state index contributed by atoms with van der Waals surface area (Å²) in [6, 6.07) is 1.47. The normalized spacial score (nSPS) is 14.3. The summed E-state index contributed by atoms with van der Waals surface area (Å²) in [5.74, 6) is -2.15. The van der Waals surface area contributed by atoms with E-state index in [1.807, 2.05) is 6.92 Å². The lowest BCUT2D eigenvalue weighted by Gasteiger charge is -2.27. The lowest BCUT2D eigenvalue weighted by Crippen LogP contribution is -2.48. The van der Waals surface area contributed by atoms with Gasteiger partial charge in [0.05, 0.1) is 24.8 Å². The molecule has 0 bridgehead atoms. The molecule has 0 saturated heterocycles. The van der Waals surface area contributed by atoms with E-state index >= 15 is 0 Å². The first-order valence-corrected chi connectivity index (χ1v) is 9.05. The standard InChI is InChI=1S/C19H28F2N2O4/c1-3-4-5-19(27)23-16(11-24)10-18(26)17(22-12(2)25)8-13-6-14(20)9-15(21)7-13/h6-7,9,16-18,24,26H,3-5,8,10-11H2,1-2H3,(H,22,25)(H,23,27)/t16?,17-,18-/m0/s1. The number of unbranched alkanes of at least 4 members (excludes halogenated alkanes) is 1. The van der Waals surface area contributed by atoms with Gasteiger partial charge in [0.25, 0.3) is 0 Å². The van der Waals surface area contributed by atoms with Crippen molar-refractivity contribution in [2.45, 2.75) is 64.1 Å². The summed E-state index contributed by atoms with van der Waals surface area (Å²) in [6.45, 7) is 2.84. The van der Waals surface area contributed by atoms with Crippen molar-refractivity contribution in [3.05, 3.63) is 35.4 Å². The minimum Gasteiger partial charge on any atom is -0.394 e. The van der Waals surface area contributed by atoms with Crippen LogP contribution in [0.2, 0.25) is 0 Å². The highest BCUT2D eigenvalue weighted by Gasteiger charge is 2.25. The van der Waals surface area contributed by atoms with Crippen LogP contribution in [-0.4, -0.2) is 46.8 Å². The summed E-state index contributed by atoms with van der Waals surface area (Å²) in [6.07, 6.45) is 0.736. The molecule has 0 fully saturated rings. The maximum absolute atomic E-state index is 13.4. The van der Waals surface area contributed by atoms with Gasteiger partial charge in [0.1, 0.15) is 11.6 Å². The van der Waals surface area contributed by atoms with Gasteiger partial charge in [-0.1, -0.05) is 13.3 Å². The molecule has 0 aliphatic heterocycles. The number of amides is 2. The number of benzene rings is 1. The zero-order chi connectivity index (χ0) is 20.4. The summed E-state index contributed by atoms with van der Waals surface area (Å²) in [5, 5.41) is 25.1. The summed E-state index contributed by atoms with van der Waals surface area (Å²) in [4.78, 5) is 23.3. The second-order valence-corrected chi connectivity index (χ2v) is 6.64. The Bertz CT molecular complexity index is 607. The molecule has 1 aromatic rings. The number of carbonyl (C=O) groups is 2. The highest BCUT2D eigenvalue weighted by molar-refractivity contribution is 5.76. The molecule has 0 radical (unpaired) electrons. The summed E-state index contributed by atoms with van der Waals surface area (Å²) in [5.41, 5.74) is 0.276. The van der Waals surface area contributed by atoms with E-state index < -0.39 is 35.7 Å². The molecule has 1 aromatic carbocycles. The smallest absolute Gasteiger partial charge is 0.220 e. The van der Waals surface area contributed by atoms with Gasteiger partial charge >= 0.3 is 0 Å². The fourth-order valence-electron chi connectivity index (χ4n) is 2.80. The fraction of sp³-hybridized carbons (Fsp3) is 0.579. The number of aliphatic hydroxyl groups is 2. The topological polar surface area (TPSA) is 98.7 Å². The average Bonchev–Trinajstić information content (AvgIpc) is 2.57. The van der Waals surface area contributed by atoms with Gasteiger partial charge in [0, 0.05) is 19.4 Å². The monoisotopic (exact) mass is 386 g/mol. The van der Waals surface area contributed by atoms with E-state index in [0.717, 1.165) is 24.6 Å². The molecule has 2 amide bonds. The van der Waals surface area contributed by atoms with Crippen LogP contribution in [0.15, 0.2) is 18.2 Å². The van der Waals surface area contributed by atoms with Crippen molar-refractivity contribution >= 4 is 11.8 Å². The van der Waals surface area contributed by atoms with Crippen molar-refractivity contribution < 1.29 is 28.6 Å². The molecule has 3 atom stereocenters. The minimum absolute atomic E-state index is 0.00262. The molecule has 4 N–H and O–H groups in total. The van der Waals surface area contributed by atoms with Gasteiger partial charge in [0.2, 0.25) is 11.8 Å². The highest BCUT2D eigenvalue weighted by Crippen LogP contribution is 2.14. The Morgan fingerprint density at radius 2 is 1.78 bits per heavy atom. The maximum atomic E-state index is 13.4. The van der Waals surface area contributed by atoms with Gasteiger partial charge in [0.15, 0.2) is 0 Å². The van der Waals surface area contributed by atoms with Crippen molar-refractivity contribution in [2.24, 2.45) is 0 Å². The summed E-state index contributed by atoms with van der Waals surface area (Å²) < 4.78 is 26.8. The Labute approximate surface area is 158 Å². The van der Waals surface area contributed by atoms with Crippen molar-refractivity contribution in [2.75, 3.05) is 6.61 Å². The quantitative estimate of drug-likeness (QED) is 0.462. The molecule has 0 aromatic heterocycles. The first-order chi connectivity index (χ1) is 12.7. The first-order valence-electron chi connectivity index (χ1n) is 9.05. The van der Waals surface area contributed by atoms with E-state index in [-0.39, 0.29) is 30.9 Å². The summed E-state index contributed by atoms with van der Waals surface area (Å²) >= 11 is 0. The van der Waals surface area contributed by atoms with Gasteiger partial charge in [-0.2, -0.15) is 0 Å². The molecule has 0 heterocycles. The number of halogens is 2. The lowest BCUT2D eigenvalue weighted by molar-refractivity contribution is -0.123. The number of hydrogen-bond acceptors (Lipinski definition) is 4. The van der Waals surface area contributed by atoms with Crippen LogP contribution in [0.5, 0.6) is 0 Å². The Morgan fingerprint density at radius 1 is 1.15 bits per heavy atom. The fourth-order valence-corrected chi connectivity index (χ4v) is 2.80. The minimum atomic E-state index is -1.14. The highest BCUT2D eigenvalue weighted by atomic mass is 19.1. The molecule has 6 nitrogen and oxygen atoms in total. The summed E-state index contributed by atoms with van der Waals surface area (Å²) in [7, 11) is 0. The van der Waals surface area contributed by atoms with Gasteiger partial charge in [-0.05, 0) is 37.0 Å². The van der Waals surface area contributed by atoms with Crippen molar-refractivity contribution in [1.29, 1.82) is 0 Å². The molecule has 0 spiro atoms. The van der Waals surface area contributed by atoms with Crippen LogP contribution in [0.3, 0.4) is 0 Å². The molecule has 1 unspecified atom stereocenters. The molecule has 152 valence electrons. The van der Waals surface area contributed by atoms with Gasteiger partial charge in [-0.15, -0.1) is 0 Å². The van der Waals surface area contributed by atoms with Crippen LogP contribution in [0.25, 0.3) is 0 Å². The number of rotatable bonds is 11. The van der Waals surface area contributed by atoms with Crippen LogP contribution < -0.4 is 10.6 Å². The third kappa shape index (κ3) is 8.92. The van der Waals surface area contributed by atoms with E-state index in [0.29, 0.717) is 12.8 Å². The van der Waals surface area contributed by atoms with Crippen LogP contribution in [-0.2, 0) is 16.0 Å². The zero-order valence-corrected chi connectivity index (χ0v) is 15.7. The van der Waals surface area contributed by atoms with Crippen LogP contribution >= 0.6 is 0 Å². The van der Waals surface area contributed by atoms with E-state index in [2.05, 4.69) is 10.6 Å². The van der Waals surface area contributed by atoms with Crippen molar-refractivity contribution in [3.8, 4) is 0 Å². The van der Waals surface area contributed by atoms with Crippen molar-refractivity contribution in [3.63, 3.8) is 0 Å². The Balaban J connectivity index is 2.79. The first kappa shape index (κ1) is 23.0. The number of hydrogen-bond donors (Lipinski definition) is 4. The second-order valence-electron chi connectivity index (χ2n) is 6.64. The van der Waals surface area contributed by atoms with Gasteiger partial charge in [-0.25, -0.2) is 8.78 Å². The second kappa shape index (κ2) is 11.6. The maximum Gasteiger partial charge on any atom is 0.220 e. The van der Waals surface area contributed by atoms with Gasteiger partial charge < -0.3 is 20.8 Å². The Hall–Kier alpha value is -2.06. The SMILES string of the molecule is CCCCC(=O)NC(CO)C[C@H](O)[C@H](Cc1cc(F)cc(F)c1)NC(C)=O. The third-order valence-corrected chi connectivity index (χ3v) is 4.10. The van der Waals surface area contributed by atoms with E-state index in [9.17, 15) is 28.6 Å². The Kier molecular flexibility index (Phi) is 9.88. The molecule has 0 aliphatic rings. The van der Waals surface area contributed by atoms with Crippen molar-refractivity contribution in [1.82, 2.24) is 10.6 Å². The molecule has 1 rings (SSSR count). The van der Waals surface area contributed by atoms with Crippen LogP contribution in [0, 0.1) is 11.6 Å². The van der Waals surface area contributed by atoms with Crippen LogP contribution in [0.4, 0.5) is 8.78 Å². The average molecular weight is 386 g/mol. The van der Waals surface area contributed by atoms with E-state index in [4.69, 9.17) is 0 Å². The van der Waals surface area contributed by atoms with Gasteiger partial charge in [-0.3, -0.25) is 9.59 Å². The molecule has 8 heteroatoms.